The molecule has 0 aliphatic carbocycles. The molecule has 0 unspecified atom stereocenters. The van der Waals surface area contributed by atoms with Gasteiger partial charge in [0.1, 0.15) is 17.5 Å². The Bertz CT molecular complexity index is 1020. The van der Waals surface area contributed by atoms with Gasteiger partial charge in [-0.15, -0.1) is 0 Å². The molecule has 0 aromatic carbocycles. The van der Waals surface area contributed by atoms with Crippen LogP contribution in [-0.4, -0.2) is 40.1 Å². The smallest absolute Gasteiger partial charge is 0.225 e. The normalized spacial score (nSPS) is 13.4. The molecule has 1 aliphatic rings. The Hall–Kier alpha value is -3.73. The highest BCUT2D eigenvalue weighted by Gasteiger charge is 2.17. The van der Waals surface area contributed by atoms with Crippen LogP contribution in [0.1, 0.15) is 18.4 Å². The fraction of sp³-hybridized carbons (Fsp3) is 0.250. The third-order valence-electron chi connectivity index (χ3n) is 4.74. The number of rotatable bonds is 4. The molecule has 0 atom stereocenters. The number of nitrogens with zero attached hydrogens (tertiary/aromatic N) is 6. The molecule has 0 bridgehead atoms. The van der Waals surface area contributed by atoms with Gasteiger partial charge in [-0.3, -0.25) is 0 Å². The fourth-order valence-electron chi connectivity index (χ4n) is 3.25. The van der Waals surface area contributed by atoms with E-state index in [1.54, 1.807) is 31.8 Å². The van der Waals surface area contributed by atoms with Crippen molar-refractivity contribution in [3.63, 3.8) is 0 Å². The number of nitriles is 1. The molecule has 140 valence electrons. The Morgan fingerprint density at radius 1 is 1.07 bits per heavy atom. The predicted octanol–water partition coefficient (Wildman–Crippen LogP) is 2.66. The Morgan fingerprint density at radius 2 is 1.79 bits per heavy atom. The largest absolute Gasteiger partial charge is 0.481 e. The van der Waals surface area contributed by atoms with Gasteiger partial charge in [-0.05, 0) is 25.0 Å². The number of ether oxygens (including phenoxy) is 1. The van der Waals surface area contributed by atoms with Crippen LogP contribution < -0.4 is 15.4 Å². The lowest BCUT2D eigenvalue weighted by atomic mass is 10.0. The lowest BCUT2D eigenvalue weighted by Crippen LogP contribution is -2.20. The molecule has 0 amide bonds. The van der Waals surface area contributed by atoms with Gasteiger partial charge >= 0.3 is 0 Å². The van der Waals surface area contributed by atoms with Crippen molar-refractivity contribution in [1.29, 1.82) is 5.26 Å². The first kappa shape index (κ1) is 17.7. The number of pyridine rings is 2. The van der Waals surface area contributed by atoms with E-state index < -0.39 is 0 Å². The third kappa shape index (κ3) is 3.30. The van der Waals surface area contributed by atoms with Gasteiger partial charge in [0.05, 0.1) is 12.8 Å². The number of nitrogen functional groups attached to an aromatic ring is 1. The highest BCUT2D eigenvalue weighted by atomic mass is 16.5. The quantitative estimate of drug-likeness (QED) is 0.742. The van der Waals surface area contributed by atoms with E-state index in [0.29, 0.717) is 28.6 Å². The minimum absolute atomic E-state index is 0.162. The van der Waals surface area contributed by atoms with Crippen molar-refractivity contribution in [2.24, 2.45) is 0 Å². The lowest BCUT2D eigenvalue weighted by Gasteiger charge is -2.15. The number of nitrogens with two attached hydrogens (primary N) is 1. The molecule has 1 fully saturated rings. The van der Waals surface area contributed by atoms with Gasteiger partial charge in [0.25, 0.3) is 0 Å². The SMILES string of the molecule is COc1ccc(-c2cc(-c3cnc(N4CCCC4)nc3)c(C#N)c(N)n2)cn1. The number of methoxy groups -OCH3 is 1. The van der Waals surface area contributed by atoms with E-state index in [1.165, 1.54) is 0 Å². The molecule has 3 aromatic heterocycles. The van der Waals surface area contributed by atoms with E-state index in [0.717, 1.165) is 37.1 Å². The van der Waals surface area contributed by atoms with Crippen LogP contribution in [0.25, 0.3) is 22.4 Å². The van der Waals surface area contributed by atoms with E-state index in [-0.39, 0.29) is 5.82 Å². The summed E-state index contributed by atoms with van der Waals surface area (Å²) in [7, 11) is 1.56. The Labute approximate surface area is 162 Å². The van der Waals surface area contributed by atoms with E-state index in [1.807, 2.05) is 12.1 Å². The van der Waals surface area contributed by atoms with E-state index in [9.17, 15) is 5.26 Å². The molecular formula is C20H19N7O. The maximum absolute atomic E-state index is 9.57. The number of anilines is 2. The molecule has 8 heteroatoms. The Kier molecular flexibility index (Phi) is 4.72. The summed E-state index contributed by atoms with van der Waals surface area (Å²) in [6.45, 7) is 1.94. The molecule has 1 aliphatic heterocycles. The van der Waals surface area contributed by atoms with Crippen molar-refractivity contribution in [3.8, 4) is 34.3 Å². The van der Waals surface area contributed by atoms with Crippen molar-refractivity contribution in [2.45, 2.75) is 12.8 Å². The molecule has 4 rings (SSSR count). The van der Waals surface area contributed by atoms with E-state index in [4.69, 9.17) is 10.5 Å². The zero-order valence-corrected chi connectivity index (χ0v) is 15.5. The summed E-state index contributed by atoms with van der Waals surface area (Å²) in [5.74, 6) is 1.38. The van der Waals surface area contributed by atoms with Gasteiger partial charge in [-0.25, -0.2) is 19.9 Å². The van der Waals surface area contributed by atoms with Crippen LogP contribution in [0.4, 0.5) is 11.8 Å². The van der Waals surface area contributed by atoms with Crippen LogP contribution in [-0.2, 0) is 0 Å². The zero-order chi connectivity index (χ0) is 19.5. The number of hydrogen-bond acceptors (Lipinski definition) is 8. The van der Waals surface area contributed by atoms with Crippen LogP contribution in [0.2, 0.25) is 0 Å². The predicted molar refractivity (Wildman–Crippen MR) is 106 cm³/mol. The van der Waals surface area contributed by atoms with Gasteiger partial charge in [-0.1, -0.05) is 0 Å². The Morgan fingerprint density at radius 3 is 2.39 bits per heavy atom. The molecule has 2 N–H and O–H groups in total. The van der Waals surface area contributed by atoms with Crippen LogP contribution in [0.15, 0.2) is 36.8 Å². The van der Waals surface area contributed by atoms with E-state index >= 15 is 0 Å². The molecule has 28 heavy (non-hydrogen) atoms. The summed E-state index contributed by atoms with van der Waals surface area (Å²) in [4.78, 5) is 19.7. The van der Waals surface area contributed by atoms with Gasteiger partial charge < -0.3 is 15.4 Å². The molecular weight excluding hydrogens is 354 g/mol. The fourth-order valence-corrected chi connectivity index (χ4v) is 3.25. The van der Waals surface area contributed by atoms with Crippen molar-refractivity contribution in [2.75, 3.05) is 30.8 Å². The number of hydrogen-bond donors (Lipinski definition) is 1. The number of aromatic nitrogens is 4. The summed E-state index contributed by atoms with van der Waals surface area (Å²) in [5, 5.41) is 9.57. The summed E-state index contributed by atoms with van der Waals surface area (Å²) in [5.41, 5.74) is 9.13. The highest BCUT2D eigenvalue weighted by Crippen LogP contribution is 2.31. The van der Waals surface area contributed by atoms with Gasteiger partial charge in [0, 0.05) is 54.4 Å². The summed E-state index contributed by atoms with van der Waals surface area (Å²) >= 11 is 0. The maximum atomic E-state index is 9.57. The summed E-state index contributed by atoms with van der Waals surface area (Å²) < 4.78 is 5.09. The average molecular weight is 373 g/mol. The van der Waals surface area contributed by atoms with Crippen molar-refractivity contribution in [1.82, 2.24) is 19.9 Å². The third-order valence-corrected chi connectivity index (χ3v) is 4.74. The Balaban J connectivity index is 1.74. The highest BCUT2D eigenvalue weighted by molar-refractivity contribution is 5.79. The van der Waals surface area contributed by atoms with Crippen LogP contribution in [0.5, 0.6) is 5.88 Å². The standard InChI is InChI=1S/C20H19N7O/c1-28-18-5-4-13(10-23-18)17-8-15(16(9-21)19(22)26-17)14-11-24-20(25-12-14)27-6-2-3-7-27/h4-5,8,10-12H,2-3,6-7H2,1H3,(H2,22,26). The van der Waals surface area contributed by atoms with Crippen molar-refractivity contribution < 1.29 is 4.74 Å². The van der Waals surface area contributed by atoms with Gasteiger partial charge in [0.15, 0.2) is 0 Å². The van der Waals surface area contributed by atoms with Crippen LogP contribution >= 0.6 is 0 Å². The van der Waals surface area contributed by atoms with Crippen molar-refractivity contribution in [3.05, 3.63) is 42.4 Å². The van der Waals surface area contributed by atoms with E-state index in [2.05, 4.69) is 30.9 Å². The van der Waals surface area contributed by atoms with Crippen LogP contribution in [0, 0.1) is 11.3 Å². The molecule has 0 saturated carbocycles. The second-order valence-electron chi connectivity index (χ2n) is 6.48. The summed E-state index contributed by atoms with van der Waals surface area (Å²) in [6, 6.07) is 7.54. The molecule has 1 saturated heterocycles. The van der Waals surface area contributed by atoms with Gasteiger partial charge in [0.2, 0.25) is 11.8 Å². The summed E-state index contributed by atoms with van der Waals surface area (Å²) in [6.07, 6.45) is 7.43. The van der Waals surface area contributed by atoms with Crippen molar-refractivity contribution >= 4 is 11.8 Å². The zero-order valence-electron chi connectivity index (χ0n) is 15.5. The van der Waals surface area contributed by atoms with Crippen LogP contribution in [0.3, 0.4) is 0 Å². The minimum Gasteiger partial charge on any atom is -0.481 e. The first-order valence-corrected chi connectivity index (χ1v) is 8.98. The van der Waals surface area contributed by atoms with Gasteiger partial charge in [-0.2, -0.15) is 5.26 Å². The molecule has 8 nitrogen and oxygen atoms in total. The second-order valence-corrected chi connectivity index (χ2v) is 6.48. The average Bonchev–Trinajstić information content (AvgIpc) is 3.28. The molecule has 0 spiro atoms. The topological polar surface area (TPSA) is 114 Å². The molecule has 4 heterocycles. The minimum atomic E-state index is 0.162. The monoisotopic (exact) mass is 373 g/mol. The second kappa shape index (κ2) is 7.48. The first-order chi connectivity index (χ1) is 13.7. The molecule has 0 radical (unpaired) electrons. The first-order valence-electron chi connectivity index (χ1n) is 8.98. The lowest BCUT2D eigenvalue weighted by molar-refractivity contribution is 0.398. The maximum Gasteiger partial charge on any atom is 0.225 e. The molecule has 3 aromatic rings.